The van der Waals surface area contributed by atoms with E-state index in [0.29, 0.717) is 56.4 Å². The number of para-hydroxylation sites is 2. The van der Waals surface area contributed by atoms with E-state index < -0.39 is 31.6 Å². The molecular weight excluding hydrogens is 745 g/mol. The maximum absolute atomic E-state index is 14.4. The summed E-state index contributed by atoms with van der Waals surface area (Å²) in [5.41, 5.74) is 6.46. The van der Waals surface area contributed by atoms with Crippen molar-refractivity contribution in [1.82, 2.24) is 0 Å². The Morgan fingerprint density at radius 1 is 0.429 bits per heavy atom. The highest BCUT2D eigenvalue weighted by Crippen LogP contribution is 2.42. The Morgan fingerprint density at radius 3 is 1.12 bits per heavy atom. The van der Waals surface area contributed by atoms with Crippen molar-refractivity contribution in [3.63, 3.8) is 0 Å². The number of hydrogen-bond donors (Lipinski definition) is 4. The van der Waals surface area contributed by atoms with Crippen LogP contribution in [0.15, 0.2) is 119 Å². The molecule has 0 fully saturated rings. The molecule has 0 spiro atoms. The first kappa shape index (κ1) is 38.1. The Kier molecular flexibility index (Phi) is 9.81. The summed E-state index contributed by atoms with van der Waals surface area (Å²) in [6.45, 7) is 10.6. The first-order chi connectivity index (χ1) is 26.6. The Balaban J connectivity index is 1.35. The number of carbonyl (C=O) groups excluding carboxylic acids is 2. The van der Waals surface area contributed by atoms with Crippen LogP contribution in [0.4, 0.5) is 34.1 Å². The minimum Gasteiger partial charge on any atom is -0.354 e. The van der Waals surface area contributed by atoms with Gasteiger partial charge in [-0.1, -0.05) is 72.8 Å². The van der Waals surface area contributed by atoms with Crippen LogP contribution in [0.2, 0.25) is 0 Å². The molecule has 1 aliphatic carbocycles. The molecular formula is C44H40N4O6S2. The second-order valence-corrected chi connectivity index (χ2v) is 17.2. The molecule has 0 bridgehead atoms. The van der Waals surface area contributed by atoms with E-state index in [-0.39, 0.29) is 32.0 Å². The quantitative estimate of drug-likeness (QED) is 0.107. The third-order valence-electron chi connectivity index (χ3n) is 9.99. The number of sulfonamides is 2. The van der Waals surface area contributed by atoms with E-state index in [1.807, 2.05) is 13.8 Å². The summed E-state index contributed by atoms with van der Waals surface area (Å²) in [7, 11) is -8.07. The normalized spacial score (nSPS) is 12.5. The van der Waals surface area contributed by atoms with Crippen molar-refractivity contribution >= 4 is 65.7 Å². The standard InChI is InChI=1S/C44H40N4O6S2/c1-25-23-27(3)43(55(51,52)47-31-15-9-7-10-16-31)29(5)39(25)45-35-21-22-36(38-37(35)41(49)33-19-13-14-20-34(33)42(38)50)46-40-26(2)24-28(4)44(30(40)6)56(53,54)48-32-17-11-8-12-18-32/h7-24,45-48H,1-6H3. The number of anilines is 6. The highest BCUT2D eigenvalue weighted by atomic mass is 32.2. The summed E-state index contributed by atoms with van der Waals surface area (Å²) in [6, 6.07) is 30.7. The molecule has 0 unspecified atom stereocenters. The highest BCUT2D eigenvalue weighted by molar-refractivity contribution is 7.93. The third-order valence-corrected chi connectivity index (χ3v) is 13.3. The first-order valence-electron chi connectivity index (χ1n) is 17.9. The van der Waals surface area contributed by atoms with Gasteiger partial charge in [-0.25, -0.2) is 16.8 Å². The average molecular weight is 785 g/mol. The lowest BCUT2D eigenvalue weighted by Crippen LogP contribution is -2.24. The van der Waals surface area contributed by atoms with E-state index in [4.69, 9.17) is 0 Å². The van der Waals surface area contributed by atoms with Gasteiger partial charge in [0.15, 0.2) is 11.6 Å². The molecule has 6 aromatic carbocycles. The van der Waals surface area contributed by atoms with Gasteiger partial charge in [0.05, 0.1) is 32.3 Å². The Hall–Kier alpha value is -6.24. The highest BCUT2D eigenvalue weighted by Gasteiger charge is 2.35. The number of ketones is 2. The predicted octanol–water partition coefficient (Wildman–Crippen LogP) is 9.40. The summed E-state index contributed by atoms with van der Waals surface area (Å²) >= 11 is 0. The Morgan fingerprint density at radius 2 is 0.768 bits per heavy atom. The predicted molar refractivity (Wildman–Crippen MR) is 222 cm³/mol. The number of nitrogens with one attached hydrogen (secondary N) is 4. The molecule has 0 saturated carbocycles. The minimum absolute atomic E-state index is 0.0900. The zero-order valence-electron chi connectivity index (χ0n) is 31.7. The van der Waals surface area contributed by atoms with Gasteiger partial charge in [-0.2, -0.15) is 0 Å². The van der Waals surface area contributed by atoms with Gasteiger partial charge in [-0.15, -0.1) is 0 Å². The molecule has 0 amide bonds. The number of rotatable bonds is 10. The van der Waals surface area contributed by atoms with Crippen LogP contribution in [-0.4, -0.2) is 28.4 Å². The zero-order chi connectivity index (χ0) is 40.1. The molecule has 0 radical (unpaired) electrons. The molecule has 12 heteroatoms. The lowest BCUT2D eigenvalue weighted by atomic mass is 9.82. The van der Waals surface area contributed by atoms with E-state index in [2.05, 4.69) is 20.1 Å². The number of hydrogen-bond acceptors (Lipinski definition) is 8. The second kappa shape index (κ2) is 14.4. The monoisotopic (exact) mass is 784 g/mol. The van der Waals surface area contributed by atoms with Gasteiger partial charge in [0.2, 0.25) is 0 Å². The van der Waals surface area contributed by atoms with Crippen molar-refractivity contribution in [3.05, 3.63) is 165 Å². The summed E-state index contributed by atoms with van der Waals surface area (Å²) in [6.07, 6.45) is 0. The van der Waals surface area contributed by atoms with Crippen LogP contribution in [0.5, 0.6) is 0 Å². The van der Waals surface area contributed by atoms with Crippen LogP contribution in [0.3, 0.4) is 0 Å². The molecule has 0 aromatic heterocycles. The van der Waals surface area contributed by atoms with E-state index in [0.717, 1.165) is 11.1 Å². The molecule has 1 aliphatic rings. The van der Waals surface area contributed by atoms with Gasteiger partial charge in [0, 0.05) is 33.9 Å². The molecule has 4 N–H and O–H groups in total. The van der Waals surface area contributed by atoms with E-state index in [1.165, 1.54) is 0 Å². The van der Waals surface area contributed by atoms with Crippen LogP contribution in [0, 0.1) is 41.5 Å². The average Bonchev–Trinajstić information content (AvgIpc) is 3.14. The van der Waals surface area contributed by atoms with Gasteiger partial charge in [-0.05, 0) is 111 Å². The van der Waals surface area contributed by atoms with E-state index in [9.17, 15) is 26.4 Å². The van der Waals surface area contributed by atoms with Crippen LogP contribution in [-0.2, 0) is 20.0 Å². The Labute approximate surface area is 327 Å². The van der Waals surface area contributed by atoms with Crippen molar-refractivity contribution in [1.29, 1.82) is 0 Å². The molecule has 0 saturated heterocycles. The number of carbonyl (C=O) groups is 2. The maximum atomic E-state index is 14.4. The van der Waals surface area contributed by atoms with Gasteiger partial charge >= 0.3 is 0 Å². The fourth-order valence-electron chi connectivity index (χ4n) is 7.67. The van der Waals surface area contributed by atoms with Gasteiger partial charge < -0.3 is 10.6 Å². The minimum atomic E-state index is -4.04. The fourth-order valence-corrected chi connectivity index (χ4v) is 10.7. The molecule has 56 heavy (non-hydrogen) atoms. The van der Waals surface area contributed by atoms with Crippen molar-refractivity contribution < 1.29 is 26.4 Å². The number of benzene rings is 6. The molecule has 284 valence electrons. The maximum Gasteiger partial charge on any atom is 0.262 e. The Bertz CT molecular complexity index is 2630. The van der Waals surface area contributed by atoms with Crippen molar-refractivity contribution in [2.24, 2.45) is 0 Å². The smallest absolute Gasteiger partial charge is 0.262 e. The summed E-state index contributed by atoms with van der Waals surface area (Å²) < 4.78 is 60.6. The first-order valence-corrected chi connectivity index (χ1v) is 20.8. The van der Waals surface area contributed by atoms with Crippen LogP contribution >= 0.6 is 0 Å². The molecule has 7 rings (SSSR count). The lowest BCUT2D eigenvalue weighted by Gasteiger charge is -2.26. The van der Waals surface area contributed by atoms with E-state index >= 15 is 0 Å². The van der Waals surface area contributed by atoms with E-state index in [1.54, 1.807) is 137 Å². The summed E-state index contributed by atoms with van der Waals surface area (Å²) in [4.78, 5) is 29.1. The topological polar surface area (TPSA) is 151 Å². The third kappa shape index (κ3) is 6.82. The van der Waals surface area contributed by atoms with Gasteiger partial charge in [0.25, 0.3) is 20.0 Å². The molecule has 0 heterocycles. The summed E-state index contributed by atoms with van der Waals surface area (Å²) in [5, 5.41) is 6.69. The van der Waals surface area contributed by atoms with Crippen LogP contribution in [0.25, 0.3) is 0 Å². The molecule has 0 atom stereocenters. The zero-order valence-corrected chi connectivity index (χ0v) is 33.3. The van der Waals surface area contributed by atoms with Crippen molar-refractivity contribution in [3.8, 4) is 0 Å². The van der Waals surface area contributed by atoms with Gasteiger partial charge in [0.1, 0.15) is 0 Å². The van der Waals surface area contributed by atoms with Crippen molar-refractivity contribution in [2.45, 2.75) is 51.3 Å². The summed E-state index contributed by atoms with van der Waals surface area (Å²) in [5.74, 6) is -0.787. The van der Waals surface area contributed by atoms with Crippen LogP contribution < -0.4 is 20.1 Å². The largest absolute Gasteiger partial charge is 0.354 e. The SMILES string of the molecule is Cc1cc(C)c(S(=O)(=O)Nc2ccccc2)c(C)c1Nc1ccc(Nc2c(C)cc(C)c(S(=O)(=O)Nc3ccccc3)c2C)c2c1C(=O)c1ccccc1C2=O. The second-order valence-electron chi connectivity index (χ2n) is 14.0. The number of fused-ring (bicyclic) bond motifs is 2. The van der Waals surface area contributed by atoms with Crippen molar-refractivity contribution in [2.75, 3.05) is 20.1 Å². The fraction of sp³-hybridized carbons (Fsp3) is 0.136. The lowest BCUT2D eigenvalue weighted by molar-refractivity contribution is 0.0980. The molecule has 10 nitrogen and oxygen atoms in total. The number of aryl methyl sites for hydroxylation is 4. The molecule has 6 aromatic rings. The molecule has 0 aliphatic heterocycles. The van der Waals surface area contributed by atoms with Gasteiger partial charge in [-0.3, -0.25) is 19.0 Å². The van der Waals surface area contributed by atoms with Crippen LogP contribution in [0.1, 0.15) is 65.2 Å².